The number of amides is 3. The highest BCUT2D eigenvalue weighted by Crippen LogP contribution is 2.34. The van der Waals surface area contributed by atoms with Gasteiger partial charge in [-0.25, -0.2) is 4.79 Å². The van der Waals surface area contributed by atoms with Gasteiger partial charge in [-0.15, -0.1) is 11.3 Å². The van der Waals surface area contributed by atoms with Crippen molar-refractivity contribution in [2.45, 2.75) is 53.5 Å². The predicted octanol–water partition coefficient (Wildman–Crippen LogP) is 4.04. The maximum atomic E-state index is 12.7. The van der Waals surface area contributed by atoms with Crippen molar-refractivity contribution in [1.82, 2.24) is 5.32 Å². The van der Waals surface area contributed by atoms with Crippen LogP contribution >= 0.6 is 11.3 Å². The van der Waals surface area contributed by atoms with Gasteiger partial charge >= 0.3 is 5.97 Å². The van der Waals surface area contributed by atoms with Gasteiger partial charge < -0.3 is 20.7 Å². The van der Waals surface area contributed by atoms with Gasteiger partial charge in [0.05, 0.1) is 5.56 Å². The lowest BCUT2D eigenvalue weighted by molar-refractivity contribution is -0.123. The molecule has 3 N–H and O–H groups in total. The lowest BCUT2D eigenvalue weighted by Gasteiger charge is -2.17. The van der Waals surface area contributed by atoms with Gasteiger partial charge in [0.25, 0.3) is 11.8 Å². The molecule has 0 unspecified atom stereocenters. The first-order chi connectivity index (χ1) is 15.5. The van der Waals surface area contributed by atoms with E-state index >= 15 is 0 Å². The van der Waals surface area contributed by atoms with Crippen LogP contribution in [0.5, 0.6) is 0 Å². The molecular formula is C24H29N3O5S. The molecule has 1 aliphatic carbocycles. The van der Waals surface area contributed by atoms with Gasteiger partial charge in [-0.1, -0.05) is 26.8 Å². The van der Waals surface area contributed by atoms with Gasteiger partial charge in [0.1, 0.15) is 5.00 Å². The molecule has 1 aliphatic rings. The van der Waals surface area contributed by atoms with E-state index in [4.69, 9.17) is 4.74 Å². The minimum atomic E-state index is -0.686. The largest absolute Gasteiger partial charge is 0.452 e. The number of thiophene rings is 1. The molecule has 3 amide bonds. The molecule has 0 spiro atoms. The summed E-state index contributed by atoms with van der Waals surface area (Å²) in [5, 5.41) is 8.73. The van der Waals surface area contributed by atoms with Crippen molar-refractivity contribution in [2.75, 3.05) is 17.2 Å². The topological polar surface area (TPSA) is 114 Å². The van der Waals surface area contributed by atoms with Crippen molar-refractivity contribution in [2.24, 2.45) is 5.41 Å². The molecule has 0 radical (unpaired) electrons. The molecule has 176 valence electrons. The van der Waals surface area contributed by atoms with Crippen molar-refractivity contribution >= 4 is 45.7 Å². The second kappa shape index (κ2) is 9.74. The quantitative estimate of drug-likeness (QED) is 0.528. The van der Waals surface area contributed by atoms with Gasteiger partial charge in [-0.05, 0) is 50.5 Å². The molecule has 9 heteroatoms. The number of carbonyl (C=O) groups is 4. The number of carbonyl (C=O) groups excluding carboxylic acids is 4. The number of benzene rings is 1. The number of rotatable bonds is 7. The van der Waals surface area contributed by atoms with Crippen LogP contribution < -0.4 is 16.0 Å². The fraction of sp³-hybridized carbons (Fsp3) is 0.417. The zero-order chi connectivity index (χ0) is 24.3. The number of nitrogens with one attached hydrogen (secondary N) is 3. The summed E-state index contributed by atoms with van der Waals surface area (Å²) in [6, 6.07) is 6.80. The Labute approximate surface area is 197 Å². The van der Waals surface area contributed by atoms with E-state index in [2.05, 4.69) is 16.0 Å². The summed E-state index contributed by atoms with van der Waals surface area (Å²) in [4.78, 5) is 50.5. The summed E-state index contributed by atoms with van der Waals surface area (Å²) in [5.41, 5.74) is 1.20. The van der Waals surface area contributed by atoms with Crippen molar-refractivity contribution in [3.05, 3.63) is 45.8 Å². The third-order valence-corrected chi connectivity index (χ3v) is 6.28. The molecule has 1 saturated carbocycles. The van der Waals surface area contributed by atoms with E-state index in [-0.39, 0.29) is 23.4 Å². The highest BCUT2D eigenvalue weighted by atomic mass is 32.1. The van der Waals surface area contributed by atoms with Crippen LogP contribution in [0.2, 0.25) is 0 Å². The zero-order valence-corrected chi connectivity index (χ0v) is 20.3. The van der Waals surface area contributed by atoms with E-state index in [1.165, 1.54) is 11.3 Å². The first kappa shape index (κ1) is 24.4. The second-order valence-corrected chi connectivity index (χ2v) is 10.4. The van der Waals surface area contributed by atoms with E-state index in [0.717, 1.165) is 17.7 Å². The summed E-state index contributed by atoms with van der Waals surface area (Å²) in [6.45, 7) is 8.46. The highest BCUT2D eigenvalue weighted by Gasteiger charge is 2.27. The highest BCUT2D eigenvalue weighted by molar-refractivity contribution is 7.16. The van der Waals surface area contributed by atoms with E-state index in [1.54, 1.807) is 52.0 Å². The molecule has 8 nitrogen and oxygen atoms in total. The third kappa shape index (κ3) is 6.41. The summed E-state index contributed by atoms with van der Waals surface area (Å²) in [7, 11) is 0. The average molecular weight is 472 g/mol. The van der Waals surface area contributed by atoms with Crippen molar-refractivity contribution in [3.63, 3.8) is 0 Å². The van der Waals surface area contributed by atoms with Crippen molar-refractivity contribution < 1.29 is 23.9 Å². The number of hydrogen-bond acceptors (Lipinski definition) is 6. The first-order valence-electron chi connectivity index (χ1n) is 10.7. The van der Waals surface area contributed by atoms with Gasteiger partial charge in [-0.2, -0.15) is 0 Å². The van der Waals surface area contributed by atoms with Crippen molar-refractivity contribution in [3.8, 4) is 0 Å². The van der Waals surface area contributed by atoms with Crippen molar-refractivity contribution in [1.29, 1.82) is 0 Å². The predicted molar refractivity (Wildman–Crippen MR) is 128 cm³/mol. The molecule has 33 heavy (non-hydrogen) atoms. The number of aryl methyl sites for hydroxylation is 1. The van der Waals surface area contributed by atoms with Crippen LogP contribution in [-0.4, -0.2) is 36.3 Å². The van der Waals surface area contributed by atoms with E-state index < -0.39 is 23.9 Å². The first-order valence-corrected chi connectivity index (χ1v) is 11.6. The SMILES string of the molecule is Cc1sc(NC(=O)C(C)(C)C)c(C(=O)OCC(=O)Nc2cccc(C(=O)NC3CC3)c2)c1C. The Morgan fingerprint density at radius 2 is 1.79 bits per heavy atom. The Kier molecular flexibility index (Phi) is 7.22. The van der Waals surface area contributed by atoms with Gasteiger partial charge in [0.15, 0.2) is 6.61 Å². The monoisotopic (exact) mass is 471 g/mol. The maximum absolute atomic E-state index is 12.7. The van der Waals surface area contributed by atoms with Crippen LogP contribution in [0.1, 0.15) is 64.8 Å². The van der Waals surface area contributed by atoms with Crippen LogP contribution in [-0.2, 0) is 14.3 Å². The summed E-state index contributed by atoms with van der Waals surface area (Å²) in [5.74, 6) is -1.63. The average Bonchev–Trinajstić information content (AvgIpc) is 3.50. The molecule has 2 aromatic rings. The Morgan fingerprint density at radius 3 is 2.42 bits per heavy atom. The van der Waals surface area contributed by atoms with E-state index in [0.29, 0.717) is 21.8 Å². The smallest absolute Gasteiger partial charge is 0.341 e. The number of esters is 1. The second-order valence-electron chi connectivity index (χ2n) is 9.14. The third-order valence-electron chi connectivity index (χ3n) is 5.15. The molecule has 1 fully saturated rings. The lowest BCUT2D eigenvalue weighted by Crippen LogP contribution is -2.28. The molecule has 0 aliphatic heterocycles. The van der Waals surface area contributed by atoms with Gasteiger partial charge in [0.2, 0.25) is 5.91 Å². The Bertz CT molecular complexity index is 1100. The molecule has 0 saturated heterocycles. The lowest BCUT2D eigenvalue weighted by atomic mass is 9.96. The maximum Gasteiger partial charge on any atom is 0.341 e. The normalized spacial score (nSPS) is 13.2. The minimum absolute atomic E-state index is 0.187. The molecule has 1 aromatic carbocycles. The molecule has 0 atom stereocenters. The molecule has 1 aromatic heterocycles. The summed E-state index contributed by atoms with van der Waals surface area (Å²) in [6.07, 6.45) is 1.97. The van der Waals surface area contributed by atoms with Crippen LogP contribution in [0, 0.1) is 19.3 Å². The fourth-order valence-corrected chi connectivity index (χ4v) is 3.93. The van der Waals surface area contributed by atoms with E-state index in [9.17, 15) is 19.2 Å². The number of ether oxygens (including phenoxy) is 1. The Balaban J connectivity index is 1.61. The fourth-order valence-electron chi connectivity index (χ4n) is 2.89. The zero-order valence-electron chi connectivity index (χ0n) is 19.5. The van der Waals surface area contributed by atoms with Crippen LogP contribution in [0.3, 0.4) is 0 Å². The Hall–Kier alpha value is -3.20. The standard InChI is InChI=1S/C24H29N3O5S/c1-13-14(2)33-21(27-23(31)24(3,4)5)19(13)22(30)32-12-18(28)25-17-8-6-7-15(11-17)20(29)26-16-9-10-16/h6-8,11,16H,9-10,12H2,1-5H3,(H,25,28)(H,26,29)(H,27,31). The summed E-state index contributed by atoms with van der Waals surface area (Å²) < 4.78 is 5.23. The molecule has 3 rings (SSSR count). The van der Waals surface area contributed by atoms with Gasteiger partial charge in [0, 0.05) is 27.6 Å². The van der Waals surface area contributed by atoms with Crippen LogP contribution in [0.15, 0.2) is 24.3 Å². The number of hydrogen-bond donors (Lipinski definition) is 3. The van der Waals surface area contributed by atoms with Crippen LogP contribution in [0.25, 0.3) is 0 Å². The molecule has 0 bridgehead atoms. The molecule has 1 heterocycles. The minimum Gasteiger partial charge on any atom is -0.452 e. The van der Waals surface area contributed by atoms with E-state index in [1.807, 2.05) is 6.92 Å². The number of anilines is 2. The summed E-state index contributed by atoms with van der Waals surface area (Å²) >= 11 is 1.29. The molecular weight excluding hydrogens is 442 g/mol. The van der Waals surface area contributed by atoms with Gasteiger partial charge in [-0.3, -0.25) is 14.4 Å². The Morgan fingerprint density at radius 1 is 1.09 bits per heavy atom. The van der Waals surface area contributed by atoms with Crippen LogP contribution in [0.4, 0.5) is 10.7 Å².